The van der Waals surface area contributed by atoms with Gasteiger partial charge in [0.15, 0.2) is 0 Å². The number of rotatable bonds is 10. The summed E-state index contributed by atoms with van der Waals surface area (Å²) in [6.45, 7) is 2.10. The van der Waals surface area contributed by atoms with Gasteiger partial charge in [-0.3, -0.25) is 0 Å². The van der Waals surface area contributed by atoms with Crippen LogP contribution in [0.1, 0.15) is 24.0 Å². The fraction of sp³-hybridized carbons (Fsp3) is 0.368. The van der Waals surface area contributed by atoms with Crippen LogP contribution in [0.2, 0.25) is 0 Å². The minimum atomic E-state index is 0.662. The molecule has 0 radical (unpaired) electrons. The second-order valence-corrected chi connectivity index (χ2v) is 5.56. The van der Waals surface area contributed by atoms with Crippen molar-refractivity contribution in [2.24, 2.45) is 0 Å². The van der Waals surface area contributed by atoms with Crippen molar-refractivity contribution in [1.29, 1.82) is 0 Å². The zero-order valence-corrected chi connectivity index (χ0v) is 13.6. The summed E-state index contributed by atoms with van der Waals surface area (Å²) in [7, 11) is 0. The van der Waals surface area contributed by atoms with E-state index in [0.29, 0.717) is 19.1 Å². The van der Waals surface area contributed by atoms with E-state index in [4.69, 9.17) is 21.1 Å². The molecule has 0 heterocycles. The average Bonchev–Trinajstić information content (AvgIpc) is 2.57. The highest BCUT2D eigenvalue weighted by molar-refractivity contribution is 6.17. The van der Waals surface area contributed by atoms with Crippen molar-refractivity contribution in [2.45, 2.75) is 25.9 Å². The molecule has 0 aliphatic heterocycles. The van der Waals surface area contributed by atoms with Crippen LogP contribution >= 0.6 is 11.6 Å². The Kier molecular flexibility index (Phi) is 7.86. The number of ether oxygens (including phenoxy) is 2. The maximum atomic E-state index is 5.72. The van der Waals surface area contributed by atoms with Crippen LogP contribution in [0.3, 0.4) is 0 Å². The Balaban J connectivity index is 1.69. The van der Waals surface area contributed by atoms with E-state index >= 15 is 0 Å². The lowest BCUT2D eigenvalue weighted by Gasteiger charge is -2.08. The molecule has 118 valence electrons. The molecule has 0 aromatic heterocycles. The van der Waals surface area contributed by atoms with Gasteiger partial charge in [0, 0.05) is 5.88 Å². The topological polar surface area (TPSA) is 18.5 Å². The van der Waals surface area contributed by atoms with E-state index in [1.807, 2.05) is 30.3 Å². The van der Waals surface area contributed by atoms with Crippen LogP contribution in [0.5, 0.6) is 5.75 Å². The van der Waals surface area contributed by atoms with Crippen LogP contribution in [0, 0.1) is 0 Å². The fourth-order valence-corrected chi connectivity index (χ4v) is 2.32. The van der Waals surface area contributed by atoms with Crippen molar-refractivity contribution >= 4 is 11.6 Å². The third-order valence-corrected chi connectivity index (χ3v) is 3.61. The van der Waals surface area contributed by atoms with Gasteiger partial charge in [-0.2, -0.15) is 0 Å². The normalized spacial score (nSPS) is 10.6. The van der Waals surface area contributed by atoms with Gasteiger partial charge in [-0.15, -0.1) is 11.6 Å². The minimum Gasteiger partial charge on any atom is -0.494 e. The van der Waals surface area contributed by atoms with Gasteiger partial charge >= 0.3 is 0 Å². The zero-order valence-electron chi connectivity index (χ0n) is 12.8. The maximum Gasteiger partial charge on any atom is 0.119 e. The Bertz CT molecular complexity index is 528. The van der Waals surface area contributed by atoms with E-state index in [0.717, 1.165) is 31.6 Å². The predicted molar refractivity (Wildman–Crippen MR) is 91.7 cm³/mol. The molecular weight excluding hydrogens is 296 g/mol. The molecule has 0 atom stereocenters. The van der Waals surface area contributed by atoms with E-state index in [1.54, 1.807) is 0 Å². The summed E-state index contributed by atoms with van der Waals surface area (Å²) in [6.07, 6.45) is 2.88. The van der Waals surface area contributed by atoms with E-state index in [2.05, 4.69) is 24.3 Å². The number of hydrogen-bond donors (Lipinski definition) is 0. The third kappa shape index (κ3) is 6.50. The van der Waals surface area contributed by atoms with Crippen LogP contribution in [0.25, 0.3) is 0 Å². The molecule has 0 aliphatic rings. The van der Waals surface area contributed by atoms with Crippen LogP contribution < -0.4 is 4.74 Å². The van der Waals surface area contributed by atoms with Crippen molar-refractivity contribution in [2.75, 3.05) is 19.1 Å². The molecular formula is C19H23ClO2. The number of alkyl halides is 1. The van der Waals surface area contributed by atoms with Gasteiger partial charge in [0.1, 0.15) is 5.75 Å². The highest BCUT2D eigenvalue weighted by Gasteiger charge is 1.99. The maximum absolute atomic E-state index is 5.72. The molecule has 2 aromatic rings. The third-order valence-electron chi connectivity index (χ3n) is 3.34. The number of benzene rings is 2. The molecule has 0 saturated carbocycles. The van der Waals surface area contributed by atoms with Crippen LogP contribution in [0.15, 0.2) is 54.6 Å². The number of unbranched alkanes of at least 4 members (excludes halogenated alkanes) is 1. The standard InChI is InChI=1S/C19H23ClO2/c20-12-4-5-13-22-19-10-6-9-17(15-19)11-14-21-16-18-7-2-1-3-8-18/h1-3,6-10,15H,4-5,11-14,16H2. The van der Waals surface area contributed by atoms with Crippen LogP contribution in [-0.4, -0.2) is 19.1 Å². The van der Waals surface area contributed by atoms with E-state index < -0.39 is 0 Å². The van der Waals surface area contributed by atoms with Gasteiger partial charge in [0.05, 0.1) is 19.8 Å². The molecule has 2 nitrogen and oxygen atoms in total. The molecule has 0 fully saturated rings. The molecule has 0 aliphatic carbocycles. The first-order valence-corrected chi connectivity index (χ1v) is 8.31. The van der Waals surface area contributed by atoms with Gasteiger partial charge in [0.2, 0.25) is 0 Å². The van der Waals surface area contributed by atoms with Gasteiger partial charge in [-0.05, 0) is 42.5 Å². The largest absolute Gasteiger partial charge is 0.494 e. The minimum absolute atomic E-state index is 0.662. The van der Waals surface area contributed by atoms with Crippen molar-refractivity contribution in [3.05, 3.63) is 65.7 Å². The van der Waals surface area contributed by atoms with Gasteiger partial charge in [-0.1, -0.05) is 42.5 Å². The Hall–Kier alpha value is -1.51. The van der Waals surface area contributed by atoms with Crippen molar-refractivity contribution in [3.63, 3.8) is 0 Å². The van der Waals surface area contributed by atoms with Crippen LogP contribution in [0.4, 0.5) is 0 Å². The highest BCUT2D eigenvalue weighted by atomic mass is 35.5. The first kappa shape index (κ1) is 16.9. The summed E-state index contributed by atoms with van der Waals surface area (Å²) in [5, 5.41) is 0. The lowest BCUT2D eigenvalue weighted by atomic mass is 10.1. The van der Waals surface area contributed by atoms with Crippen molar-refractivity contribution in [1.82, 2.24) is 0 Å². The molecule has 3 heteroatoms. The molecule has 0 saturated heterocycles. The first-order valence-electron chi connectivity index (χ1n) is 7.78. The predicted octanol–water partition coefficient (Wildman–Crippen LogP) is 4.84. The lowest BCUT2D eigenvalue weighted by molar-refractivity contribution is 0.124. The summed E-state index contributed by atoms with van der Waals surface area (Å²) in [5.74, 6) is 1.62. The van der Waals surface area contributed by atoms with Crippen molar-refractivity contribution < 1.29 is 9.47 Å². The average molecular weight is 319 g/mol. The second-order valence-electron chi connectivity index (χ2n) is 5.18. The zero-order chi connectivity index (χ0) is 15.5. The Morgan fingerprint density at radius 1 is 0.818 bits per heavy atom. The number of hydrogen-bond acceptors (Lipinski definition) is 2. The first-order chi connectivity index (χ1) is 10.9. The fourth-order valence-electron chi connectivity index (χ4n) is 2.13. The molecule has 0 spiro atoms. The molecule has 2 rings (SSSR count). The van der Waals surface area contributed by atoms with Gasteiger partial charge in [-0.25, -0.2) is 0 Å². The summed E-state index contributed by atoms with van der Waals surface area (Å²) in [4.78, 5) is 0. The van der Waals surface area contributed by atoms with Gasteiger partial charge < -0.3 is 9.47 Å². The molecule has 0 unspecified atom stereocenters. The highest BCUT2D eigenvalue weighted by Crippen LogP contribution is 2.14. The summed E-state index contributed by atoms with van der Waals surface area (Å²) in [6, 6.07) is 18.5. The SMILES string of the molecule is ClCCCCOc1cccc(CCOCc2ccccc2)c1. The smallest absolute Gasteiger partial charge is 0.119 e. The van der Waals surface area contributed by atoms with Crippen LogP contribution in [-0.2, 0) is 17.8 Å². The molecule has 2 aromatic carbocycles. The van der Waals surface area contributed by atoms with E-state index in [-0.39, 0.29) is 0 Å². The van der Waals surface area contributed by atoms with E-state index in [1.165, 1.54) is 11.1 Å². The van der Waals surface area contributed by atoms with Gasteiger partial charge in [0.25, 0.3) is 0 Å². The number of halogens is 1. The summed E-state index contributed by atoms with van der Waals surface area (Å²) < 4.78 is 11.4. The molecule has 0 amide bonds. The van der Waals surface area contributed by atoms with E-state index in [9.17, 15) is 0 Å². The molecule has 0 bridgehead atoms. The summed E-state index contributed by atoms with van der Waals surface area (Å²) >= 11 is 5.65. The molecule has 0 N–H and O–H groups in total. The Morgan fingerprint density at radius 2 is 1.64 bits per heavy atom. The summed E-state index contributed by atoms with van der Waals surface area (Å²) in [5.41, 5.74) is 2.45. The Morgan fingerprint density at radius 3 is 2.45 bits per heavy atom. The van der Waals surface area contributed by atoms with Crippen molar-refractivity contribution in [3.8, 4) is 5.75 Å². The lowest BCUT2D eigenvalue weighted by Crippen LogP contribution is -2.01. The molecule has 22 heavy (non-hydrogen) atoms. The second kappa shape index (κ2) is 10.3. The Labute approximate surface area is 138 Å². The quantitative estimate of drug-likeness (QED) is 0.461. The monoisotopic (exact) mass is 318 g/mol.